The molecule has 3 rings (SSSR count). The van der Waals surface area contributed by atoms with Crippen LogP contribution in [0, 0.1) is 0 Å². The van der Waals surface area contributed by atoms with E-state index in [4.69, 9.17) is 0 Å². The minimum atomic E-state index is -6.00. The van der Waals surface area contributed by atoms with Crippen LogP contribution in [0.25, 0.3) is 10.8 Å². The number of rotatable bonds is 2. The van der Waals surface area contributed by atoms with Crippen LogP contribution in [0.5, 0.6) is 0 Å². The SMILES string of the molecule is CC(C)(C)c1cc2ccccc2c(Cc2ccccc2)[se+]1.F[B-](F)(F)F. The second-order valence-corrected chi connectivity index (χ2v) is 9.41. The van der Waals surface area contributed by atoms with Crippen molar-refractivity contribution in [2.75, 3.05) is 0 Å². The van der Waals surface area contributed by atoms with Gasteiger partial charge in [-0.1, -0.05) is 0 Å². The molecule has 6 heteroatoms. The topological polar surface area (TPSA) is 0 Å². The van der Waals surface area contributed by atoms with E-state index in [9.17, 15) is 17.3 Å². The van der Waals surface area contributed by atoms with E-state index in [0.29, 0.717) is 14.5 Å². The molecule has 0 saturated carbocycles. The van der Waals surface area contributed by atoms with E-state index in [1.165, 1.54) is 16.3 Å². The first kappa shape index (κ1) is 20.7. The van der Waals surface area contributed by atoms with Crippen LogP contribution in [0.1, 0.15) is 35.2 Å². The van der Waals surface area contributed by atoms with Crippen molar-refractivity contribution in [2.45, 2.75) is 32.6 Å². The van der Waals surface area contributed by atoms with Crippen LogP contribution < -0.4 is 0 Å². The average Bonchev–Trinajstić information content (AvgIpc) is 2.53. The van der Waals surface area contributed by atoms with Gasteiger partial charge in [-0.05, 0) is 0 Å². The standard InChI is InChI=1S/C20H21Se.BF4/c1-20(2,3)19-14-16-11-7-8-12-17(16)18(21-19)13-15-9-5-4-6-10-15;2-1(3,4)5/h4-12,14H,13H2,1-3H3;/q+1;-1. The zero-order valence-corrected chi connectivity index (χ0v) is 16.7. The summed E-state index contributed by atoms with van der Waals surface area (Å²) in [4.78, 5) is 0. The summed E-state index contributed by atoms with van der Waals surface area (Å²) < 4.78 is 42.2. The van der Waals surface area contributed by atoms with Crippen LogP contribution in [0.3, 0.4) is 0 Å². The van der Waals surface area contributed by atoms with E-state index in [1.807, 2.05) is 0 Å². The third kappa shape index (κ3) is 6.58. The Bertz CT molecular complexity index is 849. The largest absolute Gasteiger partial charge is 0.673 e. The molecule has 1 heterocycles. The van der Waals surface area contributed by atoms with Crippen molar-refractivity contribution in [1.29, 1.82) is 0 Å². The second kappa shape index (κ2) is 8.36. The van der Waals surface area contributed by atoms with Gasteiger partial charge in [-0.15, -0.1) is 0 Å². The molecule has 26 heavy (non-hydrogen) atoms. The molecule has 0 fully saturated rings. The van der Waals surface area contributed by atoms with E-state index in [0.717, 1.165) is 6.42 Å². The maximum atomic E-state index is 9.75. The van der Waals surface area contributed by atoms with Crippen LogP contribution in [-0.4, -0.2) is 21.8 Å². The van der Waals surface area contributed by atoms with Crippen molar-refractivity contribution in [1.82, 2.24) is 0 Å². The number of halogens is 4. The Hall–Kier alpha value is -1.65. The molecule has 0 aliphatic heterocycles. The van der Waals surface area contributed by atoms with Crippen LogP contribution in [-0.2, 0) is 11.8 Å². The van der Waals surface area contributed by atoms with E-state index < -0.39 is 7.25 Å². The molecule has 0 radical (unpaired) electrons. The van der Waals surface area contributed by atoms with Gasteiger partial charge in [-0.2, -0.15) is 0 Å². The Morgan fingerprint density at radius 2 is 1.38 bits per heavy atom. The summed E-state index contributed by atoms with van der Waals surface area (Å²) in [5, 5.41) is 2.84. The maximum Gasteiger partial charge on any atom is 0.673 e. The van der Waals surface area contributed by atoms with Gasteiger partial charge in [0.15, 0.2) is 0 Å². The Morgan fingerprint density at radius 1 is 0.846 bits per heavy atom. The van der Waals surface area contributed by atoms with Gasteiger partial charge in [-0.3, -0.25) is 0 Å². The van der Waals surface area contributed by atoms with Gasteiger partial charge in [0.25, 0.3) is 0 Å². The molecule has 2 aromatic carbocycles. The molecule has 3 aromatic rings. The van der Waals surface area contributed by atoms with E-state index in [-0.39, 0.29) is 5.41 Å². The van der Waals surface area contributed by atoms with Gasteiger partial charge in [0.1, 0.15) is 0 Å². The van der Waals surface area contributed by atoms with Crippen LogP contribution in [0.15, 0.2) is 60.7 Å². The third-order valence-corrected chi connectivity index (χ3v) is 7.00. The molecule has 0 saturated heterocycles. The van der Waals surface area contributed by atoms with E-state index in [1.54, 1.807) is 8.87 Å². The van der Waals surface area contributed by atoms with Crippen molar-refractivity contribution in [2.24, 2.45) is 0 Å². The molecular formula is C20H21BF4Se. The summed E-state index contributed by atoms with van der Waals surface area (Å²) in [7, 11) is -6.00. The van der Waals surface area contributed by atoms with Crippen LogP contribution in [0.4, 0.5) is 17.3 Å². The summed E-state index contributed by atoms with van der Waals surface area (Å²) in [6.45, 7) is 6.98. The number of benzene rings is 2. The first-order valence-corrected chi connectivity index (χ1v) is 10.0. The summed E-state index contributed by atoms with van der Waals surface area (Å²) in [6, 6.07) is 22.1. The zero-order chi connectivity index (χ0) is 19.4. The molecule has 0 N–H and O–H groups in total. The summed E-state index contributed by atoms with van der Waals surface area (Å²) >= 11 is 0.447. The molecule has 0 unspecified atom stereocenters. The molecule has 0 amide bonds. The van der Waals surface area contributed by atoms with Gasteiger partial charge in [0.2, 0.25) is 0 Å². The van der Waals surface area contributed by atoms with Crippen LogP contribution >= 0.6 is 0 Å². The molecule has 1 aromatic heterocycles. The minimum absolute atomic E-state index is 0.259. The van der Waals surface area contributed by atoms with Gasteiger partial charge >= 0.3 is 140 Å². The monoisotopic (exact) mass is 428 g/mol. The summed E-state index contributed by atoms with van der Waals surface area (Å²) in [5.74, 6) is 0. The van der Waals surface area contributed by atoms with Gasteiger partial charge in [0.05, 0.1) is 0 Å². The first-order chi connectivity index (χ1) is 12.0. The summed E-state index contributed by atoms with van der Waals surface area (Å²) in [5.41, 5.74) is 1.68. The van der Waals surface area contributed by atoms with E-state index in [2.05, 4.69) is 81.4 Å². The number of hydrogen-bond donors (Lipinski definition) is 0. The Balaban J connectivity index is 0.000000431. The normalized spacial score (nSPS) is 11.8. The van der Waals surface area contributed by atoms with Gasteiger partial charge in [-0.25, -0.2) is 0 Å². The molecule has 0 bridgehead atoms. The molecule has 0 nitrogen and oxygen atoms in total. The molecule has 0 atom stereocenters. The van der Waals surface area contributed by atoms with Gasteiger partial charge in [0, 0.05) is 0 Å². The number of hydrogen-bond acceptors (Lipinski definition) is 0. The summed E-state index contributed by atoms with van der Waals surface area (Å²) in [6.07, 6.45) is 1.07. The predicted molar refractivity (Wildman–Crippen MR) is 103 cm³/mol. The van der Waals surface area contributed by atoms with Crippen molar-refractivity contribution < 1.29 is 17.3 Å². The van der Waals surface area contributed by atoms with Crippen molar-refractivity contribution in [3.63, 3.8) is 0 Å². The Kier molecular flexibility index (Phi) is 6.65. The Morgan fingerprint density at radius 3 is 1.96 bits per heavy atom. The molecule has 138 valence electrons. The number of fused-ring (bicyclic) bond motifs is 1. The maximum absolute atomic E-state index is 9.75. The predicted octanol–water partition coefficient (Wildman–Crippen LogP) is 6.37. The fourth-order valence-electron chi connectivity index (χ4n) is 2.52. The van der Waals surface area contributed by atoms with Crippen molar-refractivity contribution in [3.8, 4) is 0 Å². The van der Waals surface area contributed by atoms with Crippen molar-refractivity contribution >= 4 is 32.5 Å². The molecule has 0 aliphatic rings. The van der Waals surface area contributed by atoms with E-state index >= 15 is 0 Å². The molecule has 0 spiro atoms. The van der Waals surface area contributed by atoms with Crippen LogP contribution in [0.2, 0.25) is 0 Å². The zero-order valence-electron chi connectivity index (χ0n) is 15.0. The Labute approximate surface area is 157 Å². The minimum Gasteiger partial charge on any atom is -0.418 e. The first-order valence-electron chi connectivity index (χ1n) is 8.30. The fraction of sp³-hybridized carbons (Fsp3) is 0.250. The quantitative estimate of drug-likeness (QED) is 0.330. The third-order valence-electron chi connectivity index (χ3n) is 3.73. The van der Waals surface area contributed by atoms with Crippen molar-refractivity contribution in [3.05, 3.63) is 75.1 Å². The average molecular weight is 427 g/mol. The second-order valence-electron chi connectivity index (χ2n) is 7.03. The fourth-order valence-corrected chi connectivity index (χ4v) is 5.23. The smallest absolute Gasteiger partial charge is 0.418 e. The molecule has 0 aliphatic carbocycles. The van der Waals surface area contributed by atoms with Gasteiger partial charge < -0.3 is 17.3 Å². The molecular weight excluding hydrogens is 406 g/mol.